The van der Waals surface area contributed by atoms with Crippen molar-refractivity contribution in [2.45, 2.75) is 24.9 Å². The maximum absolute atomic E-state index is 13.3. The molecule has 1 rings (SSSR count). The maximum Gasteiger partial charge on any atom is 0.335 e. The Labute approximate surface area is 122 Å². The monoisotopic (exact) mass is 344 g/mol. The van der Waals surface area contributed by atoms with E-state index in [-0.39, 0.29) is 30.0 Å². The molecule has 20 heavy (non-hydrogen) atoms. The van der Waals surface area contributed by atoms with E-state index >= 15 is 0 Å². The largest absolute Gasteiger partial charge is 0.335 e. The van der Waals surface area contributed by atoms with E-state index in [4.69, 9.17) is 20.6 Å². The highest BCUT2D eigenvalue weighted by atomic mass is 35.5. The van der Waals surface area contributed by atoms with Crippen LogP contribution < -0.4 is 0 Å². The molecule has 0 heterocycles. The predicted molar refractivity (Wildman–Crippen MR) is 74.3 cm³/mol. The Morgan fingerprint density at radius 2 is 1.80 bits per heavy atom. The van der Waals surface area contributed by atoms with E-state index in [1.54, 1.807) is 13.8 Å². The molecule has 0 aliphatic rings. The fraction of sp³-hybridized carbons (Fsp3) is 0.455. The van der Waals surface area contributed by atoms with Crippen molar-refractivity contribution in [2.24, 2.45) is 0 Å². The first kappa shape index (κ1) is 17.6. The Bertz CT molecular complexity index is 609. The zero-order chi connectivity index (χ0) is 15.4. The SMILES string of the molecule is CCOP(=O)(Cc1ccc(Cl)cc1S(=O)(=O)F)OCC. The van der Waals surface area contributed by atoms with Crippen LogP contribution in [0.1, 0.15) is 19.4 Å². The van der Waals surface area contributed by atoms with Gasteiger partial charge in [-0.3, -0.25) is 4.57 Å². The fourth-order valence-corrected chi connectivity index (χ4v) is 4.42. The van der Waals surface area contributed by atoms with Gasteiger partial charge in [-0.1, -0.05) is 17.7 Å². The second kappa shape index (κ2) is 7.00. The van der Waals surface area contributed by atoms with Crippen molar-refractivity contribution in [1.82, 2.24) is 0 Å². The number of halogens is 2. The van der Waals surface area contributed by atoms with Gasteiger partial charge in [0.1, 0.15) is 4.90 Å². The Kier molecular flexibility index (Phi) is 6.16. The van der Waals surface area contributed by atoms with Crippen molar-refractivity contribution in [3.8, 4) is 0 Å². The van der Waals surface area contributed by atoms with Crippen LogP contribution in [0.4, 0.5) is 3.89 Å². The van der Waals surface area contributed by atoms with Crippen molar-refractivity contribution in [3.63, 3.8) is 0 Å². The van der Waals surface area contributed by atoms with E-state index in [2.05, 4.69) is 0 Å². The van der Waals surface area contributed by atoms with E-state index in [0.717, 1.165) is 6.07 Å². The van der Waals surface area contributed by atoms with Gasteiger partial charge in [-0.2, -0.15) is 8.42 Å². The summed E-state index contributed by atoms with van der Waals surface area (Å²) in [5.74, 6) is 0. The van der Waals surface area contributed by atoms with Crippen molar-refractivity contribution >= 4 is 29.4 Å². The molecule has 0 bridgehead atoms. The molecule has 0 aliphatic heterocycles. The Morgan fingerprint density at radius 1 is 1.25 bits per heavy atom. The number of benzene rings is 1. The molecular weight excluding hydrogens is 330 g/mol. The molecule has 0 amide bonds. The molecule has 9 heteroatoms. The normalized spacial score (nSPS) is 12.6. The summed E-state index contributed by atoms with van der Waals surface area (Å²) < 4.78 is 57.9. The summed E-state index contributed by atoms with van der Waals surface area (Å²) in [5, 5.41) is 0.0626. The average Bonchev–Trinajstić information content (AvgIpc) is 2.30. The van der Waals surface area contributed by atoms with Crippen LogP contribution in [0.15, 0.2) is 23.1 Å². The molecule has 0 fully saturated rings. The molecule has 0 aliphatic carbocycles. The smallest absolute Gasteiger partial charge is 0.309 e. The lowest BCUT2D eigenvalue weighted by atomic mass is 10.2. The average molecular weight is 345 g/mol. The molecule has 1 aromatic carbocycles. The van der Waals surface area contributed by atoms with E-state index < -0.39 is 22.7 Å². The van der Waals surface area contributed by atoms with Gasteiger partial charge >= 0.3 is 17.8 Å². The molecule has 0 saturated carbocycles. The van der Waals surface area contributed by atoms with E-state index in [1.165, 1.54) is 12.1 Å². The third kappa shape index (κ3) is 4.82. The summed E-state index contributed by atoms with van der Waals surface area (Å²) in [5.41, 5.74) is 0.00198. The van der Waals surface area contributed by atoms with Crippen LogP contribution in [0.3, 0.4) is 0 Å². The van der Waals surface area contributed by atoms with Crippen LogP contribution >= 0.6 is 19.2 Å². The first-order valence-corrected chi connectivity index (χ1v) is 9.32. The van der Waals surface area contributed by atoms with Crippen LogP contribution in [0.25, 0.3) is 0 Å². The second-order valence-corrected chi connectivity index (χ2v) is 7.60. The van der Waals surface area contributed by atoms with E-state index in [0.29, 0.717) is 0 Å². The summed E-state index contributed by atoms with van der Waals surface area (Å²) in [6.45, 7) is 3.51. The minimum atomic E-state index is -4.97. The quantitative estimate of drug-likeness (QED) is 0.556. The lowest BCUT2D eigenvalue weighted by Gasteiger charge is -2.18. The van der Waals surface area contributed by atoms with Gasteiger partial charge in [0.2, 0.25) is 0 Å². The first-order valence-electron chi connectivity index (χ1n) is 5.83. The van der Waals surface area contributed by atoms with E-state index in [1.807, 2.05) is 0 Å². The van der Waals surface area contributed by atoms with Crippen LogP contribution in [0.2, 0.25) is 5.02 Å². The number of rotatable bonds is 7. The van der Waals surface area contributed by atoms with E-state index in [9.17, 15) is 16.9 Å². The van der Waals surface area contributed by atoms with Crippen LogP contribution in [-0.2, 0) is 30.0 Å². The molecule has 0 unspecified atom stereocenters. The van der Waals surface area contributed by atoms with Crippen molar-refractivity contribution in [1.29, 1.82) is 0 Å². The third-order valence-electron chi connectivity index (χ3n) is 2.31. The van der Waals surface area contributed by atoms with Gasteiger partial charge in [0.05, 0.1) is 19.4 Å². The van der Waals surface area contributed by atoms with Crippen LogP contribution in [0.5, 0.6) is 0 Å². The molecule has 0 aromatic heterocycles. The third-order valence-corrected chi connectivity index (χ3v) is 5.48. The Morgan fingerprint density at radius 3 is 2.25 bits per heavy atom. The lowest BCUT2D eigenvalue weighted by molar-refractivity contribution is 0.219. The maximum atomic E-state index is 13.3. The highest BCUT2D eigenvalue weighted by molar-refractivity contribution is 7.86. The Balaban J connectivity index is 3.23. The molecular formula is C11H15ClFO5PS. The molecule has 0 spiro atoms. The van der Waals surface area contributed by atoms with Crippen molar-refractivity contribution in [3.05, 3.63) is 28.8 Å². The summed E-state index contributed by atoms with van der Waals surface area (Å²) in [6, 6.07) is 3.64. The standard InChI is InChI=1S/C11H15ClFO5PS/c1-3-17-19(14,18-4-2)8-9-5-6-10(12)7-11(9)20(13,15)16/h5-7H,3-4,8H2,1-2H3. The minimum Gasteiger partial charge on any atom is -0.309 e. The molecule has 5 nitrogen and oxygen atoms in total. The molecule has 0 radical (unpaired) electrons. The Hall–Kier alpha value is -0.460. The van der Waals surface area contributed by atoms with Gasteiger partial charge in [-0.15, -0.1) is 3.89 Å². The topological polar surface area (TPSA) is 69.7 Å². The highest BCUT2D eigenvalue weighted by Crippen LogP contribution is 2.52. The first-order chi connectivity index (χ1) is 9.22. The summed E-state index contributed by atoms with van der Waals surface area (Å²) in [7, 11) is -8.50. The van der Waals surface area contributed by atoms with Gasteiger partial charge in [0, 0.05) is 5.02 Å². The second-order valence-electron chi connectivity index (χ2n) is 3.79. The van der Waals surface area contributed by atoms with Gasteiger partial charge in [-0.05, 0) is 31.5 Å². The zero-order valence-electron chi connectivity index (χ0n) is 11.0. The van der Waals surface area contributed by atoms with Gasteiger partial charge < -0.3 is 9.05 Å². The minimum absolute atomic E-state index is 0.00198. The van der Waals surface area contributed by atoms with Gasteiger partial charge in [-0.25, -0.2) is 0 Å². The lowest BCUT2D eigenvalue weighted by Crippen LogP contribution is -2.03. The zero-order valence-corrected chi connectivity index (χ0v) is 13.5. The van der Waals surface area contributed by atoms with Crippen molar-refractivity contribution < 1.29 is 25.9 Å². The van der Waals surface area contributed by atoms with Crippen molar-refractivity contribution in [2.75, 3.05) is 13.2 Å². The predicted octanol–water partition coefficient (Wildman–Crippen LogP) is 3.76. The van der Waals surface area contributed by atoms with Gasteiger partial charge in [0.25, 0.3) is 0 Å². The summed E-state index contributed by atoms with van der Waals surface area (Å²) in [4.78, 5) is -0.621. The molecule has 1 aromatic rings. The fourth-order valence-electron chi connectivity index (χ4n) is 1.62. The summed E-state index contributed by atoms with van der Waals surface area (Å²) in [6.07, 6.45) is -0.343. The summed E-state index contributed by atoms with van der Waals surface area (Å²) >= 11 is 5.65. The molecule has 114 valence electrons. The number of hydrogen-bond acceptors (Lipinski definition) is 5. The molecule has 0 saturated heterocycles. The number of hydrogen-bond donors (Lipinski definition) is 0. The highest BCUT2D eigenvalue weighted by Gasteiger charge is 2.28. The van der Waals surface area contributed by atoms with Crippen LogP contribution in [-0.4, -0.2) is 21.6 Å². The van der Waals surface area contributed by atoms with Crippen LogP contribution in [0, 0.1) is 0 Å². The van der Waals surface area contributed by atoms with Gasteiger partial charge in [0.15, 0.2) is 0 Å². The molecule has 0 N–H and O–H groups in total. The molecule has 0 atom stereocenters.